The number of amides is 3. The van der Waals surface area contributed by atoms with Gasteiger partial charge in [-0.05, 0) is 31.0 Å². The molecule has 1 saturated heterocycles. The van der Waals surface area contributed by atoms with Crippen LogP contribution in [0.2, 0.25) is 0 Å². The van der Waals surface area contributed by atoms with Crippen molar-refractivity contribution in [3.05, 3.63) is 35.5 Å². The zero-order chi connectivity index (χ0) is 19.2. The summed E-state index contributed by atoms with van der Waals surface area (Å²) < 4.78 is 15.8. The van der Waals surface area contributed by atoms with E-state index in [0.29, 0.717) is 35.3 Å². The highest BCUT2D eigenvalue weighted by atomic mass is 16.5. The molecule has 0 saturated carbocycles. The lowest BCUT2D eigenvalue weighted by atomic mass is 10.1. The number of nitrogens with one attached hydrogen (secondary N) is 3. The van der Waals surface area contributed by atoms with Crippen LogP contribution in [0.25, 0.3) is 0 Å². The molecule has 3 rings (SSSR count). The van der Waals surface area contributed by atoms with E-state index in [1.807, 2.05) is 0 Å². The zero-order valence-electron chi connectivity index (χ0n) is 15.1. The van der Waals surface area contributed by atoms with Crippen molar-refractivity contribution in [1.82, 2.24) is 20.8 Å². The minimum absolute atomic E-state index is 0.0977. The summed E-state index contributed by atoms with van der Waals surface area (Å²) in [6, 6.07) is 4.30. The molecule has 3 N–H and O–H groups in total. The highest BCUT2D eigenvalue weighted by Crippen LogP contribution is 2.27. The Morgan fingerprint density at radius 1 is 1.37 bits per heavy atom. The summed E-state index contributed by atoms with van der Waals surface area (Å²) in [5.74, 6) is 0.879. The third kappa shape index (κ3) is 4.53. The van der Waals surface area contributed by atoms with Gasteiger partial charge in [0.1, 0.15) is 11.9 Å². The number of urea groups is 1. The van der Waals surface area contributed by atoms with E-state index < -0.39 is 6.03 Å². The predicted molar refractivity (Wildman–Crippen MR) is 94.5 cm³/mol. The second kappa shape index (κ2) is 8.49. The van der Waals surface area contributed by atoms with Crippen molar-refractivity contribution >= 4 is 17.6 Å². The van der Waals surface area contributed by atoms with Gasteiger partial charge in [-0.25, -0.2) is 4.79 Å². The zero-order valence-corrected chi connectivity index (χ0v) is 15.1. The molecule has 2 heterocycles. The summed E-state index contributed by atoms with van der Waals surface area (Å²) in [7, 11) is 2.99. The molecule has 1 aliphatic heterocycles. The molecule has 10 heteroatoms. The Morgan fingerprint density at radius 2 is 2.22 bits per heavy atom. The van der Waals surface area contributed by atoms with Crippen molar-refractivity contribution in [1.29, 1.82) is 0 Å². The molecule has 1 atom stereocenters. The number of benzene rings is 1. The molecule has 0 radical (unpaired) electrons. The van der Waals surface area contributed by atoms with E-state index >= 15 is 0 Å². The monoisotopic (exact) mass is 375 g/mol. The fraction of sp³-hybridized carbons (Fsp3) is 0.412. The topological polar surface area (TPSA) is 128 Å². The summed E-state index contributed by atoms with van der Waals surface area (Å²) in [5, 5.41) is 11.6. The van der Waals surface area contributed by atoms with Crippen LogP contribution in [-0.2, 0) is 11.3 Å². The minimum Gasteiger partial charge on any atom is -0.496 e. The number of ether oxygens (including phenoxy) is 2. The molecule has 1 fully saturated rings. The minimum atomic E-state index is -0.466. The summed E-state index contributed by atoms with van der Waals surface area (Å²) in [4.78, 5) is 28.2. The van der Waals surface area contributed by atoms with Crippen molar-refractivity contribution in [2.45, 2.75) is 25.5 Å². The molecule has 1 aliphatic rings. The van der Waals surface area contributed by atoms with Gasteiger partial charge in [0.15, 0.2) is 5.82 Å². The van der Waals surface area contributed by atoms with Gasteiger partial charge in [0.2, 0.25) is 0 Å². The Labute approximate surface area is 155 Å². The third-order valence-corrected chi connectivity index (χ3v) is 4.03. The molecule has 1 aromatic carbocycles. The summed E-state index contributed by atoms with van der Waals surface area (Å²) in [6.45, 7) is 0.781. The van der Waals surface area contributed by atoms with Crippen molar-refractivity contribution in [2.24, 2.45) is 0 Å². The van der Waals surface area contributed by atoms with Crippen LogP contribution in [0.1, 0.15) is 41.0 Å². The van der Waals surface area contributed by atoms with E-state index in [1.54, 1.807) is 12.1 Å². The number of nitrogens with zero attached hydrogens (tertiary/aromatic N) is 2. The number of rotatable bonds is 6. The summed E-state index contributed by atoms with van der Waals surface area (Å²) in [6.07, 6.45) is 1.64. The normalized spacial score (nSPS) is 16.0. The van der Waals surface area contributed by atoms with E-state index in [9.17, 15) is 9.59 Å². The van der Waals surface area contributed by atoms with Gasteiger partial charge < -0.3 is 29.9 Å². The number of carbonyl (C=O) groups is 2. The fourth-order valence-electron chi connectivity index (χ4n) is 2.67. The number of anilines is 1. The van der Waals surface area contributed by atoms with E-state index in [-0.39, 0.29) is 18.6 Å². The van der Waals surface area contributed by atoms with Crippen LogP contribution in [0, 0.1) is 0 Å². The van der Waals surface area contributed by atoms with Crippen molar-refractivity contribution in [2.75, 3.05) is 26.1 Å². The van der Waals surface area contributed by atoms with E-state index in [0.717, 1.165) is 12.8 Å². The van der Waals surface area contributed by atoms with Gasteiger partial charge >= 0.3 is 6.03 Å². The number of hydrogen-bond acceptors (Lipinski definition) is 7. The lowest BCUT2D eigenvalue weighted by Gasteiger charge is -2.11. The van der Waals surface area contributed by atoms with Crippen LogP contribution >= 0.6 is 0 Å². The molecular weight excluding hydrogens is 354 g/mol. The van der Waals surface area contributed by atoms with E-state index in [4.69, 9.17) is 14.0 Å². The van der Waals surface area contributed by atoms with Crippen LogP contribution in [0.5, 0.6) is 5.75 Å². The Bertz CT molecular complexity index is 816. The average Bonchev–Trinajstić information content (AvgIpc) is 3.37. The number of hydrogen-bond donors (Lipinski definition) is 3. The molecule has 144 valence electrons. The molecule has 10 nitrogen and oxygen atoms in total. The smallest absolute Gasteiger partial charge is 0.319 e. The molecule has 2 aromatic rings. The number of carbonyl (C=O) groups excluding carboxylic acids is 2. The van der Waals surface area contributed by atoms with Crippen molar-refractivity contribution in [3.8, 4) is 5.75 Å². The second-order valence-corrected chi connectivity index (χ2v) is 5.85. The second-order valence-electron chi connectivity index (χ2n) is 5.85. The largest absolute Gasteiger partial charge is 0.496 e. The molecule has 0 unspecified atom stereocenters. The van der Waals surface area contributed by atoms with Crippen LogP contribution in [-0.4, -0.2) is 42.8 Å². The molecule has 0 aliphatic carbocycles. The van der Waals surface area contributed by atoms with Crippen molar-refractivity contribution < 1.29 is 23.6 Å². The Morgan fingerprint density at radius 3 is 2.93 bits per heavy atom. The van der Waals surface area contributed by atoms with Gasteiger partial charge in [0.25, 0.3) is 11.8 Å². The summed E-state index contributed by atoms with van der Waals surface area (Å²) in [5.41, 5.74) is 0.761. The molecule has 0 spiro atoms. The Kier molecular flexibility index (Phi) is 5.87. The molecule has 1 aromatic heterocycles. The van der Waals surface area contributed by atoms with Gasteiger partial charge in [-0.15, -0.1) is 0 Å². The SMILES string of the molecule is CNC(=O)c1cc(NC(=O)NCc2noc([C@H]3CCCO3)n2)ccc1OC. The van der Waals surface area contributed by atoms with E-state index in [1.165, 1.54) is 20.2 Å². The fourth-order valence-corrected chi connectivity index (χ4v) is 2.67. The quantitative estimate of drug-likeness (QED) is 0.700. The molecular formula is C17H21N5O5. The van der Waals surface area contributed by atoms with Gasteiger partial charge in [0.05, 0.1) is 19.2 Å². The first-order valence-corrected chi connectivity index (χ1v) is 8.49. The first-order chi connectivity index (χ1) is 13.1. The van der Waals surface area contributed by atoms with Gasteiger partial charge in [-0.1, -0.05) is 5.16 Å². The lowest BCUT2D eigenvalue weighted by molar-refractivity contribution is 0.0835. The molecule has 27 heavy (non-hydrogen) atoms. The van der Waals surface area contributed by atoms with Gasteiger partial charge in [0, 0.05) is 19.3 Å². The van der Waals surface area contributed by atoms with Crippen LogP contribution in [0.4, 0.5) is 10.5 Å². The third-order valence-electron chi connectivity index (χ3n) is 4.03. The first-order valence-electron chi connectivity index (χ1n) is 8.49. The maximum Gasteiger partial charge on any atom is 0.319 e. The molecule has 3 amide bonds. The highest BCUT2D eigenvalue weighted by molar-refractivity contribution is 5.99. The van der Waals surface area contributed by atoms with Crippen LogP contribution in [0.15, 0.2) is 22.7 Å². The van der Waals surface area contributed by atoms with Crippen LogP contribution < -0.4 is 20.7 Å². The van der Waals surface area contributed by atoms with E-state index in [2.05, 4.69) is 26.1 Å². The maximum atomic E-state index is 12.1. The maximum absolute atomic E-state index is 12.1. The Hall–Kier alpha value is -3.14. The first kappa shape index (κ1) is 18.6. The predicted octanol–water partition coefficient (Wildman–Crippen LogP) is 1.61. The number of methoxy groups -OCH3 is 1. The lowest BCUT2D eigenvalue weighted by Crippen LogP contribution is -2.29. The highest BCUT2D eigenvalue weighted by Gasteiger charge is 2.23. The van der Waals surface area contributed by atoms with Gasteiger partial charge in [-0.3, -0.25) is 4.79 Å². The van der Waals surface area contributed by atoms with Gasteiger partial charge in [-0.2, -0.15) is 4.98 Å². The van der Waals surface area contributed by atoms with Crippen LogP contribution in [0.3, 0.4) is 0 Å². The number of aromatic nitrogens is 2. The standard InChI is InChI=1S/C17H21N5O5/c1-18-15(23)11-8-10(5-6-12(11)25-2)20-17(24)19-9-14-21-16(27-22-14)13-4-3-7-26-13/h5-6,8,13H,3-4,7,9H2,1-2H3,(H,18,23)(H2,19,20,24)/t13-/m1/s1. The van der Waals surface area contributed by atoms with Crippen molar-refractivity contribution in [3.63, 3.8) is 0 Å². The average molecular weight is 375 g/mol. The summed E-state index contributed by atoms with van der Waals surface area (Å²) >= 11 is 0. The molecule has 0 bridgehead atoms. The Balaban J connectivity index is 1.57.